The van der Waals surface area contributed by atoms with E-state index < -0.39 is 0 Å². The maximum atomic E-state index is 5.50. The summed E-state index contributed by atoms with van der Waals surface area (Å²) in [4.78, 5) is 2.65. The van der Waals surface area contributed by atoms with E-state index in [1.54, 1.807) is 7.11 Å². The van der Waals surface area contributed by atoms with Gasteiger partial charge in [0, 0.05) is 36.8 Å². The van der Waals surface area contributed by atoms with Gasteiger partial charge in [0.25, 0.3) is 0 Å². The zero-order valence-corrected chi connectivity index (χ0v) is 12.9. The molecule has 1 N–H and O–H groups in total. The summed E-state index contributed by atoms with van der Waals surface area (Å²) < 4.78 is 5.50. The Morgan fingerprint density at radius 3 is 2.80 bits per heavy atom. The monoisotopic (exact) mass is 274 g/mol. The van der Waals surface area contributed by atoms with E-state index in [4.69, 9.17) is 4.74 Å². The molecule has 1 aromatic carbocycles. The molecule has 1 aliphatic heterocycles. The quantitative estimate of drug-likeness (QED) is 0.893. The summed E-state index contributed by atoms with van der Waals surface area (Å²) in [6, 6.07) is 8.29. The second-order valence-electron chi connectivity index (χ2n) is 6.35. The molecule has 1 aromatic rings. The van der Waals surface area contributed by atoms with Crippen LogP contribution in [0.1, 0.15) is 43.4 Å². The largest absolute Gasteiger partial charge is 0.496 e. The van der Waals surface area contributed by atoms with Gasteiger partial charge in [-0.3, -0.25) is 4.90 Å². The lowest BCUT2D eigenvalue weighted by Gasteiger charge is -2.22. The van der Waals surface area contributed by atoms with Crippen molar-refractivity contribution in [3.8, 4) is 5.75 Å². The number of rotatable bonds is 5. The van der Waals surface area contributed by atoms with Crippen LogP contribution in [-0.4, -0.2) is 37.2 Å². The first-order valence-electron chi connectivity index (χ1n) is 7.82. The van der Waals surface area contributed by atoms with Gasteiger partial charge in [-0.25, -0.2) is 0 Å². The lowest BCUT2D eigenvalue weighted by molar-refractivity contribution is 0.312. The molecule has 1 saturated heterocycles. The zero-order chi connectivity index (χ0) is 14.1. The first-order chi connectivity index (χ1) is 9.67. The molecule has 1 saturated carbocycles. The molecule has 0 bridgehead atoms. The number of aryl methyl sites for hydroxylation is 1. The van der Waals surface area contributed by atoms with Crippen molar-refractivity contribution in [1.29, 1.82) is 0 Å². The molecule has 2 atom stereocenters. The lowest BCUT2D eigenvalue weighted by Crippen LogP contribution is -2.35. The molecule has 1 heterocycles. The summed E-state index contributed by atoms with van der Waals surface area (Å²) in [5.74, 6) is 0.993. The Bertz CT molecular complexity index is 470. The van der Waals surface area contributed by atoms with Crippen LogP contribution in [0.15, 0.2) is 18.2 Å². The molecule has 0 radical (unpaired) electrons. The van der Waals surface area contributed by atoms with Gasteiger partial charge in [0.2, 0.25) is 0 Å². The summed E-state index contributed by atoms with van der Waals surface area (Å²) in [6.45, 7) is 6.86. The molecule has 0 aromatic heterocycles. The number of hydrogen-bond donors (Lipinski definition) is 1. The minimum absolute atomic E-state index is 0.342. The first kappa shape index (κ1) is 13.9. The number of benzene rings is 1. The Morgan fingerprint density at radius 2 is 2.10 bits per heavy atom. The molecule has 0 spiro atoms. The average Bonchev–Trinajstić information content (AvgIpc) is 3.19. The Balaban J connectivity index is 1.64. The average molecular weight is 274 g/mol. The number of likely N-dealkylation sites (tertiary alicyclic amines) is 1. The number of methoxy groups -OCH3 is 1. The third-order valence-corrected chi connectivity index (χ3v) is 4.62. The number of nitrogens with one attached hydrogen (secondary N) is 1. The summed E-state index contributed by atoms with van der Waals surface area (Å²) in [7, 11) is 1.76. The molecule has 2 fully saturated rings. The molecule has 3 rings (SSSR count). The fraction of sp³-hybridized carbons (Fsp3) is 0.647. The van der Waals surface area contributed by atoms with Crippen LogP contribution in [0.3, 0.4) is 0 Å². The van der Waals surface area contributed by atoms with Crippen LogP contribution < -0.4 is 10.1 Å². The minimum Gasteiger partial charge on any atom is -0.496 e. The zero-order valence-electron chi connectivity index (χ0n) is 12.9. The van der Waals surface area contributed by atoms with Gasteiger partial charge in [-0.05, 0) is 39.2 Å². The van der Waals surface area contributed by atoms with E-state index in [9.17, 15) is 0 Å². The normalized spacial score (nSPS) is 24.9. The van der Waals surface area contributed by atoms with Gasteiger partial charge >= 0.3 is 0 Å². The highest BCUT2D eigenvalue weighted by Crippen LogP contribution is 2.31. The maximum Gasteiger partial charge on any atom is 0.123 e. The van der Waals surface area contributed by atoms with E-state index in [1.807, 2.05) is 0 Å². The highest BCUT2D eigenvalue weighted by Gasteiger charge is 2.34. The van der Waals surface area contributed by atoms with Crippen LogP contribution in [-0.2, 0) is 0 Å². The van der Waals surface area contributed by atoms with E-state index in [1.165, 1.54) is 43.5 Å². The number of hydrogen-bond acceptors (Lipinski definition) is 3. The predicted molar refractivity (Wildman–Crippen MR) is 82.3 cm³/mol. The van der Waals surface area contributed by atoms with Crippen LogP contribution in [0.4, 0.5) is 0 Å². The van der Waals surface area contributed by atoms with Crippen LogP contribution >= 0.6 is 0 Å². The van der Waals surface area contributed by atoms with Gasteiger partial charge in [-0.2, -0.15) is 0 Å². The van der Waals surface area contributed by atoms with Crippen LogP contribution in [0.5, 0.6) is 5.75 Å². The molecule has 3 nitrogen and oxygen atoms in total. The SMILES string of the molecule is COc1ccc(C)cc1C(C)NC1CCN(C2CC2)C1. The van der Waals surface area contributed by atoms with E-state index in [0.29, 0.717) is 12.1 Å². The standard InChI is InChI=1S/C17H26N2O/c1-12-4-7-17(20-3)16(10-12)13(2)18-14-8-9-19(11-14)15-5-6-15/h4,7,10,13-15,18H,5-6,8-9,11H2,1-3H3. The second-order valence-corrected chi connectivity index (χ2v) is 6.35. The van der Waals surface area contributed by atoms with E-state index in [-0.39, 0.29) is 0 Å². The molecule has 2 unspecified atom stereocenters. The topological polar surface area (TPSA) is 24.5 Å². The van der Waals surface area contributed by atoms with Crippen molar-refractivity contribution in [2.45, 2.75) is 51.2 Å². The molecule has 20 heavy (non-hydrogen) atoms. The Labute approximate surface area is 122 Å². The highest BCUT2D eigenvalue weighted by molar-refractivity contribution is 5.38. The van der Waals surface area contributed by atoms with Crippen molar-refractivity contribution in [3.05, 3.63) is 29.3 Å². The number of nitrogens with zero attached hydrogens (tertiary/aromatic N) is 1. The van der Waals surface area contributed by atoms with Gasteiger partial charge in [0.1, 0.15) is 5.75 Å². The third-order valence-electron chi connectivity index (χ3n) is 4.62. The Kier molecular flexibility index (Phi) is 3.99. The second kappa shape index (κ2) is 5.74. The maximum absolute atomic E-state index is 5.50. The van der Waals surface area contributed by atoms with Crippen LogP contribution in [0.2, 0.25) is 0 Å². The van der Waals surface area contributed by atoms with Crippen molar-refractivity contribution in [2.24, 2.45) is 0 Å². The number of ether oxygens (including phenoxy) is 1. The smallest absolute Gasteiger partial charge is 0.123 e. The van der Waals surface area contributed by atoms with Gasteiger partial charge < -0.3 is 10.1 Å². The Morgan fingerprint density at radius 1 is 1.30 bits per heavy atom. The Hall–Kier alpha value is -1.06. The summed E-state index contributed by atoms with van der Waals surface area (Å²) >= 11 is 0. The summed E-state index contributed by atoms with van der Waals surface area (Å²) in [5.41, 5.74) is 2.57. The first-order valence-corrected chi connectivity index (χ1v) is 7.82. The van der Waals surface area contributed by atoms with Crippen molar-refractivity contribution in [1.82, 2.24) is 10.2 Å². The lowest BCUT2D eigenvalue weighted by atomic mass is 10.0. The van der Waals surface area contributed by atoms with E-state index in [0.717, 1.165) is 11.8 Å². The summed E-state index contributed by atoms with van der Waals surface area (Å²) in [6.07, 6.45) is 4.09. The third kappa shape index (κ3) is 2.99. The van der Waals surface area contributed by atoms with Gasteiger partial charge in [0.05, 0.1) is 7.11 Å². The van der Waals surface area contributed by atoms with E-state index >= 15 is 0 Å². The van der Waals surface area contributed by atoms with Gasteiger partial charge in [-0.1, -0.05) is 17.7 Å². The molecule has 2 aliphatic rings. The molecular formula is C17H26N2O. The molecule has 110 valence electrons. The highest BCUT2D eigenvalue weighted by atomic mass is 16.5. The summed E-state index contributed by atoms with van der Waals surface area (Å²) in [5, 5.41) is 3.79. The van der Waals surface area contributed by atoms with Crippen molar-refractivity contribution < 1.29 is 4.74 Å². The van der Waals surface area contributed by atoms with Crippen molar-refractivity contribution in [3.63, 3.8) is 0 Å². The minimum atomic E-state index is 0.342. The molecular weight excluding hydrogens is 248 g/mol. The molecule has 0 amide bonds. The predicted octanol–water partition coefficient (Wildman–Crippen LogP) is 2.89. The van der Waals surface area contributed by atoms with Crippen molar-refractivity contribution >= 4 is 0 Å². The molecule has 1 aliphatic carbocycles. The van der Waals surface area contributed by atoms with Crippen LogP contribution in [0.25, 0.3) is 0 Å². The molecule has 3 heteroatoms. The van der Waals surface area contributed by atoms with Gasteiger partial charge in [0.15, 0.2) is 0 Å². The van der Waals surface area contributed by atoms with Crippen molar-refractivity contribution in [2.75, 3.05) is 20.2 Å². The van der Waals surface area contributed by atoms with E-state index in [2.05, 4.69) is 42.3 Å². The van der Waals surface area contributed by atoms with Gasteiger partial charge in [-0.15, -0.1) is 0 Å². The fourth-order valence-electron chi connectivity index (χ4n) is 3.33. The fourth-order valence-corrected chi connectivity index (χ4v) is 3.33. The van der Waals surface area contributed by atoms with Crippen LogP contribution in [0, 0.1) is 6.92 Å².